The lowest BCUT2D eigenvalue weighted by molar-refractivity contribution is 0.0951. The molecule has 154 valence electrons. The van der Waals surface area contributed by atoms with Crippen molar-refractivity contribution < 1.29 is 9.18 Å². The van der Waals surface area contributed by atoms with Gasteiger partial charge in [-0.2, -0.15) is 10.5 Å². The van der Waals surface area contributed by atoms with Gasteiger partial charge in [0.25, 0.3) is 0 Å². The third kappa shape index (κ3) is 2.76. The van der Waals surface area contributed by atoms with Crippen molar-refractivity contribution >= 4 is 17.5 Å². The molecule has 0 N–H and O–H groups in total. The van der Waals surface area contributed by atoms with Crippen molar-refractivity contribution in [2.45, 2.75) is 18.0 Å². The maximum absolute atomic E-state index is 14.3. The molecular weight excluding hydrogens is 401 g/mol. The van der Waals surface area contributed by atoms with Crippen molar-refractivity contribution in [3.8, 4) is 12.1 Å². The van der Waals surface area contributed by atoms with Crippen LogP contribution in [0.2, 0.25) is 0 Å². The Kier molecular flexibility index (Phi) is 4.61. The van der Waals surface area contributed by atoms with Gasteiger partial charge in [-0.15, -0.1) is 0 Å². The fourth-order valence-electron chi connectivity index (χ4n) is 5.08. The van der Waals surface area contributed by atoms with Crippen LogP contribution in [-0.4, -0.2) is 17.9 Å². The van der Waals surface area contributed by atoms with Gasteiger partial charge >= 0.3 is 0 Å². The van der Waals surface area contributed by atoms with Gasteiger partial charge in [0.15, 0.2) is 11.2 Å². The van der Waals surface area contributed by atoms with Crippen molar-refractivity contribution in [3.05, 3.63) is 107 Å². The first-order chi connectivity index (χ1) is 15.6. The lowest BCUT2D eigenvalue weighted by Gasteiger charge is -2.35. The molecule has 0 spiro atoms. The number of para-hydroxylation sites is 1. The highest BCUT2D eigenvalue weighted by atomic mass is 19.1. The number of ketones is 1. The molecule has 0 aliphatic carbocycles. The van der Waals surface area contributed by atoms with E-state index in [1.54, 1.807) is 36.4 Å². The van der Waals surface area contributed by atoms with Gasteiger partial charge in [-0.25, -0.2) is 4.39 Å². The van der Waals surface area contributed by atoms with Gasteiger partial charge in [-0.05, 0) is 29.3 Å². The quantitative estimate of drug-likeness (QED) is 0.553. The lowest BCUT2D eigenvalue weighted by Crippen LogP contribution is -2.44. The van der Waals surface area contributed by atoms with Crippen molar-refractivity contribution in [2.24, 2.45) is 5.41 Å². The predicted molar refractivity (Wildman–Crippen MR) is 119 cm³/mol. The van der Waals surface area contributed by atoms with Crippen LogP contribution in [0.3, 0.4) is 0 Å². The highest BCUT2D eigenvalue weighted by Crippen LogP contribution is 2.55. The zero-order chi connectivity index (χ0) is 22.3. The van der Waals surface area contributed by atoms with Crippen LogP contribution < -0.4 is 4.90 Å². The van der Waals surface area contributed by atoms with E-state index in [9.17, 15) is 19.7 Å². The molecule has 0 bridgehead atoms. The van der Waals surface area contributed by atoms with E-state index in [0.29, 0.717) is 11.1 Å². The van der Waals surface area contributed by atoms with Gasteiger partial charge in [-0.3, -0.25) is 4.79 Å². The van der Waals surface area contributed by atoms with Crippen LogP contribution in [0.25, 0.3) is 6.08 Å². The second-order valence-corrected chi connectivity index (χ2v) is 8.07. The Morgan fingerprint density at radius 1 is 0.938 bits per heavy atom. The number of carbonyl (C=O) groups is 1. The first kappa shape index (κ1) is 19.7. The standard InChI is InChI=1S/C27H18FN3O/c28-21-11-6-10-20(15-21)24-25(26(32)19-8-2-1-3-9-19)31-22-12-5-4-7-18(22)13-14-23(31)27(24,16-29)17-30/h1-15,23-25H. The largest absolute Gasteiger partial charge is 0.351 e. The number of anilines is 1. The molecule has 3 unspecified atom stereocenters. The van der Waals surface area contributed by atoms with Gasteiger partial charge in [0.1, 0.15) is 11.9 Å². The number of hydrogen-bond donors (Lipinski definition) is 0. The highest BCUT2D eigenvalue weighted by Gasteiger charge is 2.63. The first-order valence-corrected chi connectivity index (χ1v) is 10.3. The summed E-state index contributed by atoms with van der Waals surface area (Å²) in [5.41, 5.74) is 1.05. The molecule has 5 heteroatoms. The van der Waals surface area contributed by atoms with Crippen LogP contribution >= 0.6 is 0 Å². The summed E-state index contributed by atoms with van der Waals surface area (Å²) in [7, 11) is 0. The number of nitrogens with zero attached hydrogens (tertiary/aromatic N) is 3. The molecule has 4 nitrogen and oxygen atoms in total. The molecule has 1 fully saturated rings. The Morgan fingerprint density at radius 2 is 1.66 bits per heavy atom. The van der Waals surface area contributed by atoms with Crippen LogP contribution in [0.4, 0.5) is 10.1 Å². The topological polar surface area (TPSA) is 67.9 Å². The minimum atomic E-state index is -1.58. The zero-order valence-electron chi connectivity index (χ0n) is 17.0. The van der Waals surface area contributed by atoms with Gasteiger partial charge in [0, 0.05) is 17.2 Å². The molecule has 5 rings (SSSR count). The van der Waals surface area contributed by atoms with Crippen LogP contribution in [0, 0.1) is 33.9 Å². The molecule has 0 aromatic heterocycles. The summed E-state index contributed by atoms with van der Waals surface area (Å²) in [6, 6.07) is 25.3. The summed E-state index contributed by atoms with van der Waals surface area (Å²) < 4.78 is 14.3. The molecule has 1 saturated heterocycles. The second-order valence-electron chi connectivity index (χ2n) is 8.07. The second kappa shape index (κ2) is 7.48. The smallest absolute Gasteiger partial charge is 0.185 e. The average molecular weight is 419 g/mol. The summed E-state index contributed by atoms with van der Waals surface area (Å²) in [6.07, 6.45) is 3.71. The Bertz CT molecular complexity index is 1300. The normalized spacial score (nSPS) is 22.3. The van der Waals surface area contributed by atoms with E-state index in [1.165, 1.54) is 12.1 Å². The monoisotopic (exact) mass is 419 g/mol. The number of carbonyl (C=O) groups excluding carboxylic acids is 1. The number of halogens is 1. The zero-order valence-corrected chi connectivity index (χ0v) is 17.0. The summed E-state index contributed by atoms with van der Waals surface area (Å²) in [5, 5.41) is 20.7. The Hall–Kier alpha value is -4.22. The first-order valence-electron chi connectivity index (χ1n) is 10.3. The minimum absolute atomic E-state index is 0.206. The van der Waals surface area contributed by atoms with Gasteiger partial charge in [-0.1, -0.05) is 72.8 Å². The molecule has 0 radical (unpaired) electrons. The number of Topliss-reactive ketones (excluding diaryl/α,β-unsaturated/α-hetero) is 1. The molecule has 2 aliphatic rings. The summed E-state index contributed by atoms with van der Waals surface area (Å²) in [5.74, 6) is -1.52. The summed E-state index contributed by atoms with van der Waals surface area (Å²) >= 11 is 0. The number of benzene rings is 3. The Balaban J connectivity index is 1.80. The van der Waals surface area contributed by atoms with Crippen molar-refractivity contribution in [1.82, 2.24) is 0 Å². The molecule has 3 atom stereocenters. The van der Waals surface area contributed by atoms with Crippen molar-refractivity contribution in [3.63, 3.8) is 0 Å². The maximum Gasteiger partial charge on any atom is 0.185 e. The minimum Gasteiger partial charge on any atom is -0.351 e. The van der Waals surface area contributed by atoms with E-state index < -0.39 is 29.2 Å². The predicted octanol–water partition coefficient (Wildman–Crippen LogP) is 5.11. The third-order valence-corrected chi connectivity index (χ3v) is 6.45. The van der Waals surface area contributed by atoms with E-state index in [4.69, 9.17) is 0 Å². The molecule has 0 saturated carbocycles. The summed E-state index contributed by atoms with van der Waals surface area (Å²) in [4.78, 5) is 15.8. The molecule has 2 aliphatic heterocycles. The number of rotatable bonds is 3. The lowest BCUT2D eigenvalue weighted by atomic mass is 9.69. The number of fused-ring (bicyclic) bond motifs is 3. The highest BCUT2D eigenvalue weighted by molar-refractivity contribution is 6.04. The molecule has 3 aromatic rings. The van der Waals surface area contributed by atoms with E-state index >= 15 is 0 Å². The molecule has 32 heavy (non-hydrogen) atoms. The SMILES string of the molecule is N#CC1(C#N)C(c2cccc(F)c2)C(C(=O)c2ccccc2)N2c3ccccc3C=CC21. The van der Waals surface area contributed by atoms with Crippen LogP contribution in [0.5, 0.6) is 0 Å². The van der Waals surface area contributed by atoms with E-state index in [0.717, 1.165) is 11.3 Å². The van der Waals surface area contributed by atoms with Gasteiger partial charge in [0.05, 0.1) is 18.2 Å². The van der Waals surface area contributed by atoms with E-state index in [2.05, 4.69) is 12.1 Å². The van der Waals surface area contributed by atoms with Gasteiger partial charge < -0.3 is 4.90 Å². The Morgan fingerprint density at radius 3 is 2.38 bits per heavy atom. The maximum atomic E-state index is 14.3. The third-order valence-electron chi connectivity index (χ3n) is 6.45. The number of hydrogen-bond acceptors (Lipinski definition) is 4. The van der Waals surface area contributed by atoms with Crippen molar-refractivity contribution in [2.75, 3.05) is 4.90 Å². The molecule has 2 heterocycles. The van der Waals surface area contributed by atoms with E-state index in [-0.39, 0.29) is 5.78 Å². The average Bonchev–Trinajstić information content (AvgIpc) is 3.15. The molecular formula is C27H18FN3O. The molecule has 3 aromatic carbocycles. The fourth-order valence-corrected chi connectivity index (χ4v) is 5.08. The number of nitriles is 2. The van der Waals surface area contributed by atoms with Crippen LogP contribution in [0.15, 0.2) is 84.9 Å². The van der Waals surface area contributed by atoms with Crippen molar-refractivity contribution in [1.29, 1.82) is 10.5 Å². The van der Waals surface area contributed by atoms with Crippen LogP contribution in [0.1, 0.15) is 27.4 Å². The van der Waals surface area contributed by atoms with Crippen LogP contribution in [-0.2, 0) is 0 Å². The van der Waals surface area contributed by atoms with Gasteiger partial charge in [0.2, 0.25) is 0 Å². The summed E-state index contributed by atoms with van der Waals surface area (Å²) in [6.45, 7) is 0. The Labute approximate surface area is 185 Å². The fraction of sp³-hybridized carbons (Fsp3) is 0.148. The molecule has 0 amide bonds. The van der Waals surface area contributed by atoms with E-state index in [1.807, 2.05) is 47.4 Å².